The van der Waals surface area contributed by atoms with E-state index < -0.39 is 27.9 Å². The molecule has 0 aliphatic carbocycles. The van der Waals surface area contributed by atoms with Crippen molar-refractivity contribution in [1.82, 2.24) is 9.21 Å². The number of carboxylic acids is 1. The molecule has 0 spiro atoms. The van der Waals surface area contributed by atoms with Gasteiger partial charge in [-0.1, -0.05) is 18.2 Å². The van der Waals surface area contributed by atoms with Crippen LogP contribution in [0.3, 0.4) is 0 Å². The molecule has 1 atom stereocenters. The Bertz CT molecular complexity index is 659. The van der Waals surface area contributed by atoms with Crippen molar-refractivity contribution >= 4 is 21.9 Å². The molecule has 0 bridgehead atoms. The largest absolute Gasteiger partial charge is 0.480 e. The number of rotatable bonds is 5. The summed E-state index contributed by atoms with van der Waals surface area (Å²) in [6.45, 7) is -0.0317. The summed E-state index contributed by atoms with van der Waals surface area (Å²) in [6, 6.07) is 6.94. The van der Waals surface area contributed by atoms with Crippen molar-refractivity contribution in [3.63, 3.8) is 0 Å². The molecular formula is C14H18N2O5S. The van der Waals surface area contributed by atoms with Crippen molar-refractivity contribution in [3.05, 3.63) is 30.3 Å². The van der Waals surface area contributed by atoms with Gasteiger partial charge in [0.1, 0.15) is 6.04 Å². The van der Waals surface area contributed by atoms with Crippen LogP contribution >= 0.6 is 0 Å². The third-order valence-electron chi connectivity index (χ3n) is 3.67. The van der Waals surface area contributed by atoms with Gasteiger partial charge in [-0.2, -0.15) is 4.31 Å². The summed E-state index contributed by atoms with van der Waals surface area (Å²) in [5.41, 5.74) is 0. The zero-order chi connectivity index (χ0) is 16.3. The topological polar surface area (TPSA) is 95.0 Å². The van der Waals surface area contributed by atoms with E-state index in [0.717, 1.165) is 4.31 Å². The first kappa shape index (κ1) is 16.4. The van der Waals surface area contributed by atoms with Gasteiger partial charge in [0.25, 0.3) is 0 Å². The number of likely N-dealkylation sites (tertiary alicyclic amines) is 1. The zero-order valence-electron chi connectivity index (χ0n) is 12.2. The molecule has 1 saturated heterocycles. The summed E-state index contributed by atoms with van der Waals surface area (Å²) in [5.74, 6) is -1.55. The van der Waals surface area contributed by atoms with Crippen molar-refractivity contribution in [2.75, 3.05) is 20.1 Å². The van der Waals surface area contributed by atoms with Crippen LogP contribution in [-0.4, -0.2) is 60.8 Å². The normalized spacial score (nSPS) is 18.6. The highest BCUT2D eigenvalue weighted by Gasteiger charge is 2.35. The molecule has 0 aromatic heterocycles. The molecule has 1 amide bonds. The molecular weight excluding hydrogens is 308 g/mol. The minimum absolute atomic E-state index is 0.0986. The van der Waals surface area contributed by atoms with Gasteiger partial charge >= 0.3 is 5.97 Å². The molecule has 2 rings (SSSR count). The lowest BCUT2D eigenvalue weighted by Gasteiger charge is -2.24. The van der Waals surface area contributed by atoms with Crippen LogP contribution in [0.4, 0.5) is 0 Å². The summed E-state index contributed by atoms with van der Waals surface area (Å²) in [5, 5.41) is 9.08. The number of likely N-dealkylation sites (N-methyl/N-ethyl adjacent to an activating group) is 1. The summed E-state index contributed by atoms with van der Waals surface area (Å²) in [4.78, 5) is 24.6. The van der Waals surface area contributed by atoms with Crippen molar-refractivity contribution in [1.29, 1.82) is 0 Å². The predicted octanol–water partition coefficient (Wildman–Crippen LogP) is 0.383. The van der Waals surface area contributed by atoms with Crippen LogP contribution in [0.5, 0.6) is 0 Å². The Kier molecular flexibility index (Phi) is 4.82. The first-order valence-corrected chi connectivity index (χ1v) is 8.31. The number of nitrogens with zero attached hydrogens (tertiary/aromatic N) is 2. The van der Waals surface area contributed by atoms with Gasteiger partial charge in [-0.05, 0) is 25.0 Å². The van der Waals surface area contributed by atoms with Gasteiger partial charge in [0, 0.05) is 13.6 Å². The molecule has 1 aliphatic heterocycles. The van der Waals surface area contributed by atoms with Gasteiger partial charge in [0.2, 0.25) is 15.9 Å². The number of benzene rings is 1. The van der Waals surface area contributed by atoms with Gasteiger partial charge < -0.3 is 10.0 Å². The zero-order valence-corrected chi connectivity index (χ0v) is 13.0. The fourth-order valence-electron chi connectivity index (χ4n) is 2.46. The van der Waals surface area contributed by atoms with E-state index in [9.17, 15) is 18.0 Å². The maximum atomic E-state index is 12.3. The summed E-state index contributed by atoms with van der Waals surface area (Å²) in [7, 11) is -2.45. The number of amides is 1. The number of sulfonamides is 1. The van der Waals surface area contributed by atoms with Crippen LogP contribution in [0.25, 0.3) is 0 Å². The molecule has 0 unspecified atom stereocenters. The van der Waals surface area contributed by atoms with E-state index in [1.165, 1.54) is 24.1 Å². The third kappa shape index (κ3) is 3.28. The summed E-state index contributed by atoms with van der Waals surface area (Å²) < 4.78 is 25.6. The molecule has 120 valence electrons. The van der Waals surface area contributed by atoms with E-state index >= 15 is 0 Å². The van der Waals surface area contributed by atoms with Crippen LogP contribution in [0.2, 0.25) is 0 Å². The van der Waals surface area contributed by atoms with Gasteiger partial charge in [-0.15, -0.1) is 0 Å². The monoisotopic (exact) mass is 326 g/mol. The molecule has 1 heterocycles. The SMILES string of the molecule is CN(CC(=O)N1CCC[C@H]1C(=O)O)S(=O)(=O)c1ccccc1. The second kappa shape index (κ2) is 6.45. The van der Waals surface area contributed by atoms with E-state index in [4.69, 9.17) is 5.11 Å². The lowest BCUT2D eigenvalue weighted by atomic mass is 10.2. The van der Waals surface area contributed by atoms with Crippen LogP contribution in [-0.2, 0) is 19.6 Å². The molecule has 0 saturated carbocycles. The Morgan fingerprint density at radius 2 is 1.95 bits per heavy atom. The Morgan fingerprint density at radius 1 is 1.32 bits per heavy atom. The first-order chi connectivity index (χ1) is 10.3. The second-order valence-corrected chi connectivity index (χ2v) is 7.20. The number of hydrogen-bond acceptors (Lipinski definition) is 4. The average Bonchev–Trinajstić information content (AvgIpc) is 2.97. The molecule has 1 aliphatic rings. The number of aliphatic carboxylic acids is 1. The predicted molar refractivity (Wildman–Crippen MR) is 78.6 cm³/mol. The van der Waals surface area contributed by atoms with Gasteiger partial charge in [0.15, 0.2) is 0 Å². The molecule has 1 fully saturated rings. The van der Waals surface area contributed by atoms with Crippen LogP contribution < -0.4 is 0 Å². The highest BCUT2D eigenvalue weighted by atomic mass is 32.2. The van der Waals surface area contributed by atoms with Crippen molar-refractivity contribution < 1.29 is 23.1 Å². The summed E-state index contributed by atoms with van der Waals surface area (Å²) >= 11 is 0. The molecule has 8 heteroatoms. The quantitative estimate of drug-likeness (QED) is 0.844. The maximum Gasteiger partial charge on any atom is 0.326 e. The van der Waals surface area contributed by atoms with E-state index in [-0.39, 0.29) is 11.4 Å². The maximum absolute atomic E-state index is 12.3. The van der Waals surface area contributed by atoms with Gasteiger partial charge in [-0.3, -0.25) is 4.79 Å². The smallest absolute Gasteiger partial charge is 0.326 e. The Morgan fingerprint density at radius 3 is 2.55 bits per heavy atom. The average molecular weight is 326 g/mol. The van der Waals surface area contributed by atoms with E-state index in [2.05, 4.69) is 0 Å². The Hall–Kier alpha value is -1.93. The molecule has 1 aromatic carbocycles. The van der Waals surface area contributed by atoms with Crippen LogP contribution in [0.1, 0.15) is 12.8 Å². The summed E-state index contributed by atoms with van der Waals surface area (Å²) in [6.07, 6.45) is 1.01. The van der Waals surface area contributed by atoms with Crippen LogP contribution in [0, 0.1) is 0 Å². The standard InChI is InChI=1S/C14H18N2O5S/c1-15(22(20,21)11-6-3-2-4-7-11)10-13(17)16-9-5-8-12(16)14(18)19/h2-4,6-7,12H,5,8-10H2,1H3,(H,18,19)/t12-/m0/s1. The van der Waals surface area contributed by atoms with Crippen molar-refractivity contribution in [3.8, 4) is 0 Å². The number of carbonyl (C=O) groups excluding carboxylic acids is 1. The molecule has 0 radical (unpaired) electrons. The fourth-order valence-corrected chi connectivity index (χ4v) is 3.60. The molecule has 22 heavy (non-hydrogen) atoms. The minimum atomic E-state index is -3.76. The molecule has 7 nitrogen and oxygen atoms in total. The van der Waals surface area contributed by atoms with Crippen LogP contribution in [0.15, 0.2) is 35.2 Å². The first-order valence-electron chi connectivity index (χ1n) is 6.87. The van der Waals surface area contributed by atoms with E-state index in [0.29, 0.717) is 19.4 Å². The van der Waals surface area contributed by atoms with Gasteiger partial charge in [0.05, 0.1) is 11.4 Å². The van der Waals surface area contributed by atoms with E-state index in [1.807, 2.05) is 0 Å². The number of carboxylic acid groups (broad SMARTS) is 1. The number of carbonyl (C=O) groups is 2. The highest BCUT2D eigenvalue weighted by Crippen LogP contribution is 2.19. The lowest BCUT2D eigenvalue weighted by molar-refractivity contribution is -0.148. The molecule has 1 N–H and O–H groups in total. The third-order valence-corrected chi connectivity index (χ3v) is 5.49. The molecule has 1 aromatic rings. The van der Waals surface area contributed by atoms with Gasteiger partial charge in [-0.25, -0.2) is 13.2 Å². The number of hydrogen-bond donors (Lipinski definition) is 1. The minimum Gasteiger partial charge on any atom is -0.480 e. The highest BCUT2D eigenvalue weighted by molar-refractivity contribution is 7.89. The lowest BCUT2D eigenvalue weighted by Crippen LogP contribution is -2.45. The Labute approximate surface area is 129 Å². The second-order valence-electron chi connectivity index (χ2n) is 5.16. The van der Waals surface area contributed by atoms with E-state index in [1.54, 1.807) is 18.2 Å². The fraction of sp³-hybridized carbons (Fsp3) is 0.429. The van der Waals surface area contributed by atoms with Crippen molar-refractivity contribution in [2.24, 2.45) is 0 Å². The Balaban J connectivity index is 2.10. The van der Waals surface area contributed by atoms with Crippen molar-refractivity contribution in [2.45, 2.75) is 23.8 Å².